The molecule has 0 atom stereocenters. The third-order valence-corrected chi connectivity index (χ3v) is 3.87. The Morgan fingerprint density at radius 3 is 2.57 bits per heavy atom. The molecule has 1 rings (SSSR count). The predicted molar refractivity (Wildman–Crippen MR) is 90.0 cm³/mol. The molecule has 0 aliphatic heterocycles. The van der Waals surface area contributed by atoms with Crippen LogP contribution in [0.1, 0.15) is 13.3 Å². The molecular formula is C15H24N2O5S. The smallest absolute Gasteiger partial charge is 0.225 e. The molecule has 2 N–H and O–H groups in total. The quantitative estimate of drug-likeness (QED) is 0.617. The summed E-state index contributed by atoms with van der Waals surface area (Å²) < 4.78 is 32.6. The van der Waals surface area contributed by atoms with Gasteiger partial charge in [0.1, 0.15) is 9.84 Å². The number of benzene rings is 1. The van der Waals surface area contributed by atoms with E-state index in [1.54, 1.807) is 18.2 Å². The van der Waals surface area contributed by atoms with Crippen LogP contribution in [0.5, 0.6) is 11.5 Å². The van der Waals surface area contributed by atoms with Crippen LogP contribution < -0.4 is 20.1 Å². The van der Waals surface area contributed by atoms with E-state index >= 15 is 0 Å². The van der Waals surface area contributed by atoms with Gasteiger partial charge in [0.25, 0.3) is 0 Å². The summed E-state index contributed by atoms with van der Waals surface area (Å²) in [6, 6.07) is 5.17. The monoisotopic (exact) mass is 344 g/mol. The van der Waals surface area contributed by atoms with Gasteiger partial charge in [-0.2, -0.15) is 0 Å². The van der Waals surface area contributed by atoms with Crippen molar-refractivity contribution in [3.8, 4) is 11.5 Å². The summed E-state index contributed by atoms with van der Waals surface area (Å²) in [6.07, 6.45) is 1.43. The molecule has 0 bridgehead atoms. The number of carbonyl (C=O) groups excluding carboxylic acids is 1. The molecule has 0 radical (unpaired) electrons. The molecule has 0 aliphatic carbocycles. The Morgan fingerprint density at radius 2 is 1.96 bits per heavy atom. The zero-order valence-electron chi connectivity index (χ0n) is 13.7. The number of hydrogen-bond acceptors (Lipinski definition) is 6. The highest BCUT2D eigenvalue weighted by Crippen LogP contribution is 2.30. The van der Waals surface area contributed by atoms with E-state index in [0.717, 1.165) is 0 Å². The molecule has 23 heavy (non-hydrogen) atoms. The van der Waals surface area contributed by atoms with E-state index in [-0.39, 0.29) is 18.1 Å². The van der Waals surface area contributed by atoms with Gasteiger partial charge in [-0.1, -0.05) is 0 Å². The van der Waals surface area contributed by atoms with Crippen LogP contribution in [0.4, 0.5) is 5.69 Å². The topological polar surface area (TPSA) is 93.7 Å². The minimum atomic E-state index is -2.98. The van der Waals surface area contributed by atoms with Gasteiger partial charge in [-0.25, -0.2) is 8.42 Å². The SMILES string of the molecule is CCOc1ccc(NC(=O)CCNCCS(C)(=O)=O)cc1OC. The van der Waals surface area contributed by atoms with E-state index < -0.39 is 9.84 Å². The minimum Gasteiger partial charge on any atom is -0.493 e. The first-order valence-electron chi connectivity index (χ1n) is 7.35. The highest BCUT2D eigenvalue weighted by atomic mass is 32.2. The largest absolute Gasteiger partial charge is 0.493 e. The lowest BCUT2D eigenvalue weighted by Gasteiger charge is -2.12. The minimum absolute atomic E-state index is 0.0602. The second-order valence-corrected chi connectivity index (χ2v) is 7.24. The Bertz CT molecular complexity index is 616. The number of hydrogen-bond donors (Lipinski definition) is 2. The summed E-state index contributed by atoms with van der Waals surface area (Å²) >= 11 is 0. The maximum Gasteiger partial charge on any atom is 0.225 e. The molecule has 0 spiro atoms. The lowest BCUT2D eigenvalue weighted by atomic mass is 10.2. The van der Waals surface area contributed by atoms with Crippen molar-refractivity contribution in [2.45, 2.75) is 13.3 Å². The van der Waals surface area contributed by atoms with Crippen molar-refractivity contribution in [3.63, 3.8) is 0 Å². The summed E-state index contributed by atoms with van der Waals surface area (Å²) in [4.78, 5) is 11.8. The molecule has 1 aromatic rings. The first kappa shape index (κ1) is 19.2. The molecule has 0 heterocycles. The molecule has 0 saturated carbocycles. The van der Waals surface area contributed by atoms with Crippen LogP contribution in [-0.2, 0) is 14.6 Å². The summed E-state index contributed by atoms with van der Waals surface area (Å²) in [5, 5.41) is 5.68. The number of anilines is 1. The van der Waals surface area contributed by atoms with Gasteiger partial charge in [0.2, 0.25) is 5.91 Å². The highest BCUT2D eigenvalue weighted by molar-refractivity contribution is 7.90. The average molecular weight is 344 g/mol. The third kappa shape index (κ3) is 7.85. The van der Waals surface area contributed by atoms with Crippen LogP contribution >= 0.6 is 0 Å². The van der Waals surface area contributed by atoms with E-state index in [0.29, 0.717) is 36.9 Å². The van der Waals surface area contributed by atoms with Crippen molar-refractivity contribution in [1.29, 1.82) is 0 Å². The van der Waals surface area contributed by atoms with E-state index in [4.69, 9.17) is 9.47 Å². The Kier molecular flexibility index (Phi) is 7.84. The van der Waals surface area contributed by atoms with Crippen molar-refractivity contribution in [3.05, 3.63) is 18.2 Å². The molecule has 130 valence electrons. The second-order valence-electron chi connectivity index (χ2n) is 4.98. The molecular weight excluding hydrogens is 320 g/mol. The molecule has 1 amide bonds. The van der Waals surface area contributed by atoms with Gasteiger partial charge in [0, 0.05) is 37.5 Å². The van der Waals surface area contributed by atoms with Crippen LogP contribution in [0.3, 0.4) is 0 Å². The number of nitrogens with one attached hydrogen (secondary N) is 2. The molecule has 7 nitrogen and oxygen atoms in total. The van der Waals surface area contributed by atoms with Crippen LogP contribution in [0.15, 0.2) is 18.2 Å². The summed E-state index contributed by atoms with van der Waals surface area (Å²) in [6.45, 7) is 3.16. The second kappa shape index (κ2) is 9.36. The van der Waals surface area contributed by atoms with Gasteiger partial charge in [0.05, 0.1) is 19.5 Å². The third-order valence-electron chi connectivity index (χ3n) is 2.93. The Morgan fingerprint density at radius 1 is 1.22 bits per heavy atom. The number of rotatable bonds is 10. The number of carbonyl (C=O) groups is 1. The standard InChI is InChI=1S/C15H24N2O5S/c1-4-22-13-6-5-12(11-14(13)21-2)17-15(18)7-8-16-9-10-23(3,19)20/h5-6,11,16H,4,7-10H2,1-3H3,(H,17,18). The number of ether oxygens (including phenoxy) is 2. The molecule has 0 unspecified atom stereocenters. The van der Waals surface area contributed by atoms with Gasteiger partial charge in [0.15, 0.2) is 11.5 Å². The van der Waals surface area contributed by atoms with E-state index in [1.165, 1.54) is 13.4 Å². The highest BCUT2D eigenvalue weighted by Gasteiger charge is 2.08. The number of methoxy groups -OCH3 is 1. The fourth-order valence-electron chi connectivity index (χ4n) is 1.83. The van der Waals surface area contributed by atoms with E-state index in [2.05, 4.69) is 10.6 Å². The predicted octanol–water partition coefficient (Wildman–Crippen LogP) is 1.06. The number of sulfone groups is 1. The van der Waals surface area contributed by atoms with Crippen LogP contribution in [0.25, 0.3) is 0 Å². The van der Waals surface area contributed by atoms with Crippen LogP contribution in [0, 0.1) is 0 Å². The Hall–Kier alpha value is -1.80. The fourth-order valence-corrected chi connectivity index (χ4v) is 2.34. The maximum atomic E-state index is 11.8. The van der Waals surface area contributed by atoms with Gasteiger partial charge >= 0.3 is 0 Å². The van der Waals surface area contributed by atoms with Crippen molar-refractivity contribution in [2.75, 3.05) is 44.1 Å². The van der Waals surface area contributed by atoms with Gasteiger partial charge in [-0.15, -0.1) is 0 Å². The number of amides is 1. The zero-order chi connectivity index (χ0) is 17.3. The van der Waals surface area contributed by atoms with Crippen molar-refractivity contribution >= 4 is 21.4 Å². The van der Waals surface area contributed by atoms with E-state index in [1.807, 2.05) is 6.92 Å². The van der Waals surface area contributed by atoms with Crippen molar-refractivity contribution in [2.24, 2.45) is 0 Å². The summed E-state index contributed by atoms with van der Waals surface area (Å²) in [5.41, 5.74) is 0.617. The maximum absolute atomic E-state index is 11.8. The average Bonchev–Trinajstić information content (AvgIpc) is 2.47. The first-order valence-corrected chi connectivity index (χ1v) is 9.41. The van der Waals surface area contributed by atoms with Crippen molar-refractivity contribution < 1.29 is 22.7 Å². The molecule has 0 aromatic heterocycles. The van der Waals surface area contributed by atoms with Gasteiger partial charge < -0.3 is 20.1 Å². The van der Waals surface area contributed by atoms with Crippen molar-refractivity contribution in [1.82, 2.24) is 5.32 Å². The molecule has 0 fully saturated rings. The first-order chi connectivity index (χ1) is 10.9. The molecule has 1 aromatic carbocycles. The Labute approximate surface area is 137 Å². The molecule has 0 saturated heterocycles. The summed E-state index contributed by atoms with van der Waals surface area (Å²) in [7, 11) is -1.44. The Balaban J connectivity index is 2.42. The fraction of sp³-hybridized carbons (Fsp3) is 0.533. The molecule has 8 heteroatoms. The lowest BCUT2D eigenvalue weighted by Crippen LogP contribution is -2.26. The van der Waals surface area contributed by atoms with Crippen LogP contribution in [0.2, 0.25) is 0 Å². The zero-order valence-corrected chi connectivity index (χ0v) is 14.5. The van der Waals surface area contributed by atoms with Crippen LogP contribution in [-0.4, -0.2) is 53.1 Å². The van der Waals surface area contributed by atoms with Gasteiger partial charge in [-0.05, 0) is 19.1 Å². The van der Waals surface area contributed by atoms with Gasteiger partial charge in [-0.3, -0.25) is 4.79 Å². The normalized spacial score (nSPS) is 11.1. The molecule has 0 aliphatic rings. The van der Waals surface area contributed by atoms with E-state index in [9.17, 15) is 13.2 Å². The summed E-state index contributed by atoms with van der Waals surface area (Å²) in [5.74, 6) is 1.07. The lowest BCUT2D eigenvalue weighted by molar-refractivity contribution is -0.116.